The first kappa shape index (κ1) is 12.8. The maximum Gasteiger partial charge on any atom is 0.151 e. The molecular weight excluding hydrogens is 276 g/mol. The quantitative estimate of drug-likeness (QED) is 0.733. The maximum atomic E-state index is 11.7. The van der Waals surface area contributed by atoms with Crippen LogP contribution in [0.5, 0.6) is 0 Å². The standard InChI is InChI=1S/C19H16OS/c1-2-13-11-12-21-18(13)19(20)16-9-5-3-7-14(16)15-8-4-6-10-17(15)19/h3-12,20H,2H2,1H3. The molecule has 21 heavy (non-hydrogen) atoms. The second kappa shape index (κ2) is 4.55. The number of hydrogen-bond donors (Lipinski definition) is 1. The lowest BCUT2D eigenvalue weighted by Gasteiger charge is -2.26. The molecule has 1 aliphatic carbocycles. The molecule has 0 unspecified atom stereocenters. The Morgan fingerprint density at radius 3 is 2.05 bits per heavy atom. The molecular formula is C19H16OS. The fraction of sp³-hybridized carbons (Fsp3) is 0.158. The predicted molar refractivity (Wildman–Crippen MR) is 87.7 cm³/mol. The van der Waals surface area contributed by atoms with Gasteiger partial charge in [-0.3, -0.25) is 0 Å². The molecule has 0 radical (unpaired) electrons. The fourth-order valence-electron chi connectivity index (χ4n) is 3.39. The topological polar surface area (TPSA) is 20.2 Å². The Morgan fingerprint density at radius 1 is 0.905 bits per heavy atom. The third-order valence-corrected chi connectivity index (χ3v) is 5.45. The SMILES string of the molecule is CCc1ccsc1C1(O)c2ccccc2-c2ccccc21. The van der Waals surface area contributed by atoms with Crippen molar-refractivity contribution in [3.8, 4) is 11.1 Å². The molecule has 0 saturated carbocycles. The summed E-state index contributed by atoms with van der Waals surface area (Å²) in [5, 5.41) is 13.8. The van der Waals surface area contributed by atoms with Crippen LogP contribution in [0, 0.1) is 0 Å². The molecule has 2 aromatic carbocycles. The molecule has 0 aliphatic heterocycles. The zero-order valence-electron chi connectivity index (χ0n) is 11.8. The van der Waals surface area contributed by atoms with Crippen molar-refractivity contribution in [2.24, 2.45) is 0 Å². The van der Waals surface area contributed by atoms with E-state index in [0.717, 1.165) is 33.6 Å². The van der Waals surface area contributed by atoms with Crippen LogP contribution in [-0.4, -0.2) is 5.11 Å². The third-order valence-electron chi connectivity index (χ3n) is 4.38. The van der Waals surface area contributed by atoms with Crippen molar-refractivity contribution < 1.29 is 5.11 Å². The molecule has 0 spiro atoms. The second-order valence-corrected chi connectivity index (χ2v) is 6.35. The van der Waals surface area contributed by atoms with Gasteiger partial charge in [-0.15, -0.1) is 11.3 Å². The highest BCUT2D eigenvalue weighted by molar-refractivity contribution is 7.10. The van der Waals surface area contributed by atoms with Crippen molar-refractivity contribution in [1.29, 1.82) is 0 Å². The van der Waals surface area contributed by atoms with Crippen molar-refractivity contribution in [3.05, 3.63) is 81.5 Å². The highest BCUT2D eigenvalue weighted by Crippen LogP contribution is 2.52. The van der Waals surface area contributed by atoms with E-state index in [4.69, 9.17) is 0 Å². The van der Waals surface area contributed by atoms with Gasteiger partial charge in [-0.1, -0.05) is 55.5 Å². The van der Waals surface area contributed by atoms with Crippen LogP contribution in [0.2, 0.25) is 0 Å². The van der Waals surface area contributed by atoms with Crippen molar-refractivity contribution in [1.82, 2.24) is 0 Å². The van der Waals surface area contributed by atoms with E-state index < -0.39 is 5.60 Å². The van der Waals surface area contributed by atoms with Gasteiger partial charge in [-0.05, 0) is 34.6 Å². The maximum absolute atomic E-state index is 11.7. The van der Waals surface area contributed by atoms with Crippen LogP contribution >= 0.6 is 11.3 Å². The molecule has 1 N–H and O–H groups in total. The zero-order valence-corrected chi connectivity index (χ0v) is 12.7. The number of fused-ring (bicyclic) bond motifs is 3. The average molecular weight is 292 g/mol. The summed E-state index contributed by atoms with van der Waals surface area (Å²) in [6, 6.07) is 18.5. The third kappa shape index (κ3) is 1.60. The molecule has 0 fully saturated rings. The Labute approximate surface area is 128 Å². The highest BCUT2D eigenvalue weighted by Gasteiger charge is 2.44. The van der Waals surface area contributed by atoms with E-state index >= 15 is 0 Å². The summed E-state index contributed by atoms with van der Waals surface area (Å²) in [4.78, 5) is 1.06. The molecule has 0 amide bonds. The Morgan fingerprint density at radius 2 is 1.48 bits per heavy atom. The van der Waals surface area contributed by atoms with Gasteiger partial charge in [0, 0.05) is 16.0 Å². The summed E-state index contributed by atoms with van der Waals surface area (Å²) in [6.45, 7) is 2.14. The van der Waals surface area contributed by atoms with Gasteiger partial charge in [0.25, 0.3) is 0 Å². The minimum Gasteiger partial charge on any atom is -0.375 e. The Kier molecular flexibility index (Phi) is 2.78. The van der Waals surface area contributed by atoms with Crippen LogP contribution in [0.4, 0.5) is 0 Å². The number of aliphatic hydroxyl groups is 1. The zero-order chi connectivity index (χ0) is 14.4. The van der Waals surface area contributed by atoms with Crippen LogP contribution in [0.15, 0.2) is 60.0 Å². The summed E-state index contributed by atoms with van der Waals surface area (Å²) in [7, 11) is 0. The average Bonchev–Trinajstić information content (AvgIpc) is 3.11. The lowest BCUT2D eigenvalue weighted by molar-refractivity contribution is 0.134. The lowest BCUT2D eigenvalue weighted by Crippen LogP contribution is -2.26. The summed E-state index contributed by atoms with van der Waals surface area (Å²) < 4.78 is 0. The van der Waals surface area contributed by atoms with Crippen molar-refractivity contribution in [2.45, 2.75) is 18.9 Å². The molecule has 2 heteroatoms. The van der Waals surface area contributed by atoms with Gasteiger partial charge in [0.1, 0.15) is 0 Å². The Balaban J connectivity index is 2.09. The number of benzene rings is 2. The van der Waals surface area contributed by atoms with Gasteiger partial charge in [0.15, 0.2) is 5.60 Å². The van der Waals surface area contributed by atoms with E-state index in [1.165, 1.54) is 5.56 Å². The molecule has 0 atom stereocenters. The highest BCUT2D eigenvalue weighted by atomic mass is 32.1. The molecule has 1 heterocycles. The van der Waals surface area contributed by atoms with Gasteiger partial charge in [-0.25, -0.2) is 0 Å². The summed E-state index contributed by atoms with van der Waals surface area (Å²) in [5.41, 5.74) is 4.52. The van der Waals surface area contributed by atoms with Crippen LogP contribution in [0.1, 0.15) is 28.5 Å². The Bertz CT molecular complexity index is 770. The molecule has 1 nitrogen and oxygen atoms in total. The normalized spacial score (nSPS) is 14.8. The Hall–Kier alpha value is -1.90. The first-order chi connectivity index (χ1) is 10.3. The van der Waals surface area contributed by atoms with E-state index in [9.17, 15) is 5.11 Å². The van der Waals surface area contributed by atoms with Crippen LogP contribution in [-0.2, 0) is 12.0 Å². The van der Waals surface area contributed by atoms with Crippen LogP contribution in [0.3, 0.4) is 0 Å². The molecule has 0 bridgehead atoms. The van der Waals surface area contributed by atoms with Gasteiger partial charge in [0.2, 0.25) is 0 Å². The largest absolute Gasteiger partial charge is 0.375 e. The molecule has 104 valence electrons. The van der Waals surface area contributed by atoms with Gasteiger partial charge in [0.05, 0.1) is 0 Å². The van der Waals surface area contributed by atoms with Crippen LogP contribution < -0.4 is 0 Å². The van der Waals surface area contributed by atoms with E-state index in [0.29, 0.717) is 0 Å². The second-order valence-electron chi connectivity index (χ2n) is 5.43. The van der Waals surface area contributed by atoms with Crippen LogP contribution in [0.25, 0.3) is 11.1 Å². The first-order valence-corrected chi connectivity index (χ1v) is 8.13. The summed E-state index contributed by atoms with van der Waals surface area (Å²) in [5.74, 6) is 0. The molecule has 0 saturated heterocycles. The first-order valence-electron chi connectivity index (χ1n) is 7.25. The summed E-state index contributed by atoms with van der Waals surface area (Å²) in [6.07, 6.45) is 0.936. The lowest BCUT2D eigenvalue weighted by atomic mass is 9.87. The van der Waals surface area contributed by atoms with E-state index in [-0.39, 0.29) is 0 Å². The van der Waals surface area contributed by atoms with E-state index in [2.05, 4.69) is 42.6 Å². The number of hydrogen-bond acceptors (Lipinski definition) is 2. The number of rotatable bonds is 2. The molecule has 3 aromatic rings. The number of thiophene rings is 1. The minimum atomic E-state index is -1.01. The van der Waals surface area contributed by atoms with E-state index in [1.807, 2.05) is 24.3 Å². The van der Waals surface area contributed by atoms with Gasteiger partial charge < -0.3 is 5.11 Å². The molecule has 1 aliphatic rings. The minimum absolute atomic E-state index is 0.936. The van der Waals surface area contributed by atoms with Crippen molar-refractivity contribution in [3.63, 3.8) is 0 Å². The van der Waals surface area contributed by atoms with Gasteiger partial charge >= 0.3 is 0 Å². The molecule has 4 rings (SSSR count). The van der Waals surface area contributed by atoms with E-state index in [1.54, 1.807) is 11.3 Å². The van der Waals surface area contributed by atoms with Crippen molar-refractivity contribution in [2.75, 3.05) is 0 Å². The smallest absolute Gasteiger partial charge is 0.151 e. The fourth-order valence-corrected chi connectivity index (χ4v) is 4.51. The molecule has 1 aromatic heterocycles. The summed E-state index contributed by atoms with van der Waals surface area (Å²) >= 11 is 1.65. The van der Waals surface area contributed by atoms with Crippen molar-refractivity contribution >= 4 is 11.3 Å². The van der Waals surface area contributed by atoms with Gasteiger partial charge in [-0.2, -0.15) is 0 Å². The predicted octanol–water partition coefficient (Wildman–Crippen LogP) is 4.58. The monoisotopic (exact) mass is 292 g/mol. The number of aryl methyl sites for hydroxylation is 1.